The summed E-state index contributed by atoms with van der Waals surface area (Å²) in [7, 11) is 0. The van der Waals surface area contributed by atoms with Crippen molar-refractivity contribution in [2.75, 3.05) is 0 Å². The molecule has 0 saturated heterocycles. The predicted molar refractivity (Wildman–Crippen MR) is 55.9 cm³/mol. The molecule has 1 aromatic heterocycles. The third-order valence-corrected chi connectivity index (χ3v) is 1.97. The zero-order valence-corrected chi connectivity index (χ0v) is 8.38. The molecule has 0 atom stereocenters. The molecule has 0 fully saturated rings. The lowest BCUT2D eigenvalue weighted by Gasteiger charge is -2.01. The van der Waals surface area contributed by atoms with E-state index in [1.807, 2.05) is 6.07 Å². The van der Waals surface area contributed by atoms with Crippen molar-refractivity contribution >= 4 is 0 Å². The molecule has 0 aliphatic heterocycles. The SMILES string of the molecule is N#Cc1cccc(Oc2ccc(CO)o2)c1. The van der Waals surface area contributed by atoms with E-state index in [1.54, 1.807) is 36.4 Å². The van der Waals surface area contributed by atoms with Gasteiger partial charge in [-0.3, -0.25) is 0 Å². The van der Waals surface area contributed by atoms with E-state index in [0.29, 0.717) is 23.0 Å². The zero-order valence-electron chi connectivity index (χ0n) is 8.38. The second-order valence-electron chi connectivity index (χ2n) is 3.12. The van der Waals surface area contributed by atoms with Gasteiger partial charge in [0.15, 0.2) is 0 Å². The van der Waals surface area contributed by atoms with Crippen LogP contribution in [0, 0.1) is 11.3 Å². The topological polar surface area (TPSA) is 66.4 Å². The van der Waals surface area contributed by atoms with E-state index in [-0.39, 0.29) is 6.61 Å². The van der Waals surface area contributed by atoms with E-state index >= 15 is 0 Å². The van der Waals surface area contributed by atoms with Gasteiger partial charge in [0.2, 0.25) is 0 Å². The summed E-state index contributed by atoms with van der Waals surface area (Å²) in [5.41, 5.74) is 0.520. The fourth-order valence-corrected chi connectivity index (χ4v) is 1.24. The van der Waals surface area contributed by atoms with Crippen molar-refractivity contribution in [3.8, 4) is 17.8 Å². The molecule has 1 heterocycles. The van der Waals surface area contributed by atoms with Crippen LogP contribution in [-0.2, 0) is 6.61 Å². The number of aliphatic hydroxyl groups is 1. The molecule has 1 aromatic carbocycles. The Bertz CT molecular complexity index is 525. The number of ether oxygens (including phenoxy) is 1. The number of hydrogen-bond donors (Lipinski definition) is 1. The molecular formula is C12H9NO3. The highest BCUT2D eigenvalue weighted by atomic mass is 16.6. The summed E-state index contributed by atoms with van der Waals surface area (Å²) in [4.78, 5) is 0. The molecule has 0 saturated carbocycles. The van der Waals surface area contributed by atoms with Gasteiger partial charge >= 0.3 is 0 Å². The minimum absolute atomic E-state index is 0.165. The number of aliphatic hydroxyl groups excluding tert-OH is 1. The molecule has 0 amide bonds. The van der Waals surface area contributed by atoms with Gasteiger partial charge in [-0.1, -0.05) is 6.07 Å². The summed E-state index contributed by atoms with van der Waals surface area (Å²) in [6.45, 7) is -0.165. The molecule has 0 bridgehead atoms. The summed E-state index contributed by atoms with van der Waals surface area (Å²) < 4.78 is 10.5. The van der Waals surface area contributed by atoms with E-state index < -0.39 is 0 Å². The highest BCUT2D eigenvalue weighted by molar-refractivity contribution is 5.37. The number of rotatable bonds is 3. The maximum absolute atomic E-state index is 8.81. The molecule has 1 N–H and O–H groups in total. The third kappa shape index (κ3) is 2.22. The summed E-state index contributed by atoms with van der Waals surface area (Å²) in [5, 5.41) is 17.5. The smallest absolute Gasteiger partial charge is 0.290 e. The Morgan fingerprint density at radius 1 is 1.31 bits per heavy atom. The first kappa shape index (κ1) is 10.3. The molecule has 2 rings (SSSR count). The largest absolute Gasteiger partial charge is 0.428 e. The maximum atomic E-state index is 8.81. The second kappa shape index (κ2) is 4.51. The first-order valence-corrected chi connectivity index (χ1v) is 4.69. The molecule has 16 heavy (non-hydrogen) atoms. The highest BCUT2D eigenvalue weighted by Crippen LogP contribution is 2.24. The molecule has 0 aliphatic carbocycles. The number of furan rings is 1. The van der Waals surface area contributed by atoms with E-state index in [4.69, 9.17) is 19.5 Å². The molecule has 4 heteroatoms. The van der Waals surface area contributed by atoms with Crippen LogP contribution < -0.4 is 4.74 Å². The molecule has 80 valence electrons. The minimum Gasteiger partial charge on any atom is -0.428 e. The maximum Gasteiger partial charge on any atom is 0.290 e. The van der Waals surface area contributed by atoms with Crippen LogP contribution in [0.2, 0.25) is 0 Å². The van der Waals surface area contributed by atoms with Crippen molar-refractivity contribution in [3.05, 3.63) is 47.7 Å². The van der Waals surface area contributed by atoms with Gasteiger partial charge in [-0.2, -0.15) is 5.26 Å². The van der Waals surface area contributed by atoms with Gasteiger partial charge < -0.3 is 14.3 Å². The number of benzene rings is 1. The fourth-order valence-electron chi connectivity index (χ4n) is 1.24. The van der Waals surface area contributed by atoms with Crippen molar-refractivity contribution in [1.29, 1.82) is 5.26 Å². The quantitative estimate of drug-likeness (QED) is 0.853. The molecule has 2 aromatic rings. The van der Waals surface area contributed by atoms with E-state index in [0.717, 1.165) is 0 Å². The Balaban J connectivity index is 2.17. The Morgan fingerprint density at radius 2 is 2.19 bits per heavy atom. The van der Waals surface area contributed by atoms with Gasteiger partial charge in [0.25, 0.3) is 5.95 Å². The summed E-state index contributed by atoms with van der Waals surface area (Å²) in [5.74, 6) is 1.25. The number of hydrogen-bond acceptors (Lipinski definition) is 4. The standard InChI is InChI=1S/C12H9NO3/c13-7-9-2-1-3-10(6-9)15-12-5-4-11(8-14)16-12/h1-6,14H,8H2. The van der Waals surface area contributed by atoms with Crippen LogP contribution in [0.15, 0.2) is 40.8 Å². The predicted octanol–water partition coefficient (Wildman–Crippen LogP) is 2.44. The first-order chi connectivity index (χ1) is 7.81. The van der Waals surface area contributed by atoms with Crippen LogP contribution in [0.25, 0.3) is 0 Å². The van der Waals surface area contributed by atoms with Crippen molar-refractivity contribution < 1.29 is 14.3 Å². The summed E-state index contributed by atoms with van der Waals surface area (Å²) in [6, 6.07) is 12.0. The van der Waals surface area contributed by atoms with Crippen LogP contribution in [-0.4, -0.2) is 5.11 Å². The van der Waals surface area contributed by atoms with Gasteiger partial charge in [-0.25, -0.2) is 0 Å². The Morgan fingerprint density at radius 3 is 2.88 bits per heavy atom. The van der Waals surface area contributed by atoms with E-state index in [1.165, 1.54) is 0 Å². The van der Waals surface area contributed by atoms with Crippen molar-refractivity contribution in [2.45, 2.75) is 6.61 Å². The number of nitriles is 1. The molecule has 0 aliphatic rings. The van der Waals surface area contributed by atoms with Gasteiger partial charge in [-0.15, -0.1) is 0 Å². The summed E-state index contributed by atoms with van der Waals surface area (Å²) in [6.07, 6.45) is 0. The average molecular weight is 215 g/mol. The molecule has 4 nitrogen and oxygen atoms in total. The fraction of sp³-hybridized carbons (Fsp3) is 0.0833. The van der Waals surface area contributed by atoms with Gasteiger partial charge in [0, 0.05) is 6.07 Å². The number of nitrogens with zero attached hydrogens (tertiary/aromatic N) is 1. The first-order valence-electron chi connectivity index (χ1n) is 4.69. The van der Waals surface area contributed by atoms with E-state index in [9.17, 15) is 0 Å². The Kier molecular flexibility index (Phi) is 2.90. The lowest BCUT2D eigenvalue weighted by molar-refractivity contribution is 0.231. The molecule has 0 radical (unpaired) electrons. The third-order valence-electron chi connectivity index (χ3n) is 1.97. The Hall–Kier alpha value is -2.25. The lowest BCUT2D eigenvalue weighted by Crippen LogP contribution is -1.83. The van der Waals surface area contributed by atoms with Crippen LogP contribution in [0.3, 0.4) is 0 Å². The Labute approximate surface area is 92.3 Å². The molecular weight excluding hydrogens is 206 g/mol. The van der Waals surface area contributed by atoms with Crippen LogP contribution in [0.1, 0.15) is 11.3 Å². The molecule has 0 spiro atoms. The van der Waals surface area contributed by atoms with Crippen molar-refractivity contribution in [3.63, 3.8) is 0 Å². The minimum atomic E-state index is -0.165. The van der Waals surface area contributed by atoms with Crippen molar-refractivity contribution in [1.82, 2.24) is 0 Å². The van der Waals surface area contributed by atoms with Gasteiger partial charge in [-0.05, 0) is 24.3 Å². The highest BCUT2D eigenvalue weighted by Gasteiger charge is 2.03. The normalized spacial score (nSPS) is 9.75. The molecule has 0 unspecified atom stereocenters. The zero-order chi connectivity index (χ0) is 11.4. The van der Waals surface area contributed by atoms with Crippen LogP contribution in [0.4, 0.5) is 0 Å². The lowest BCUT2D eigenvalue weighted by atomic mass is 10.2. The summed E-state index contributed by atoms with van der Waals surface area (Å²) >= 11 is 0. The second-order valence-corrected chi connectivity index (χ2v) is 3.12. The van der Waals surface area contributed by atoms with Crippen LogP contribution >= 0.6 is 0 Å². The van der Waals surface area contributed by atoms with Gasteiger partial charge in [0.1, 0.15) is 18.1 Å². The van der Waals surface area contributed by atoms with E-state index in [2.05, 4.69) is 0 Å². The van der Waals surface area contributed by atoms with Gasteiger partial charge in [0.05, 0.1) is 11.6 Å². The van der Waals surface area contributed by atoms with Crippen LogP contribution in [0.5, 0.6) is 11.7 Å². The average Bonchev–Trinajstić information content (AvgIpc) is 2.77. The van der Waals surface area contributed by atoms with Crippen molar-refractivity contribution in [2.24, 2.45) is 0 Å². The monoisotopic (exact) mass is 215 g/mol.